The summed E-state index contributed by atoms with van der Waals surface area (Å²) in [7, 11) is 0. The van der Waals surface area contributed by atoms with Crippen molar-refractivity contribution in [3.63, 3.8) is 0 Å². The van der Waals surface area contributed by atoms with E-state index in [1.165, 1.54) is 0 Å². The topological polar surface area (TPSA) is 64.8 Å². The van der Waals surface area contributed by atoms with Crippen LogP contribution < -0.4 is 0 Å². The van der Waals surface area contributed by atoms with Crippen LogP contribution in [0, 0.1) is 11.8 Å². The van der Waals surface area contributed by atoms with E-state index in [-0.39, 0.29) is 11.8 Å². The molecule has 2 atom stereocenters. The molecule has 0 fully saturated rings. The number of nitrogens with zero attached hydrogens (tertiary/aromatic N) is 3. The molecule has 0 aliphatic carbocycles. The molecule has 82 valence electrons. The van der Waals surface area contributed by atoms with Gasteiger partial charge in [0, 0.05) is 24.6 Å². The van der Waals surface area contributed by atoms with E-state index in [0.29, 0.717) is 6.42 Å². The summed E-state index contributed by atoms with van der Waals surface area (Å²) in [6.45, 7) is 2.50. The van der Waals surface area contributed by atoms with Gasteiger partial charge in [0.25, 0.3) is 0 Å². The molecule has 5 nitrogen and oxygen atoms in total. The maximum Gasteiger partial charge on any atom is 0.123 e. The monoisotopic (exact) mass is 209 g/mol. The van der Waals surface area contributed by atoms with E-state index < -0.39 is 0 Å². The third kappa shape index (κ3) is 3.61. The van der Waals surface area contributed by atoms with Crippen LogP contribution in [-0.2, 0) is 16.1 Å². The molecule has 0 radical (unpaired) electrons. The Bertz CT molecular complexity index is 298. The van der Waals surface area contributed by atoms with E-state index in [9.17, 15) is 9.59 Å². The van der Waals surface area contributed by atoms with Gasteiger partial charge in [-0.1, -0.05) is 12.1 Å². The number of carbonyl (C=O) groups excluding carboxylic acids is 2. The number of hydrogen-bond acceptors (Lipinski definition) is 4. The van der Waals surface area contributed by atoms with Crippen molar-refractivity contribution in [2.75, 3.05) is 0 Å². The molecular formula is C10H15N3O2. The predicted octanol–water partition coefficient (Wildman–Crippen LogP) is 0.708. The van der Waals surface area contributed by atoms with Crippen molar-refractivity contribution in [3.05, 3.63) is 12.4 Å². The summed E-state index contributed by atoms with van der Waals surface area (Å²) in [6.07, 6.45) is 6.62. The van der Waals surface area contributed by atoms with Crippen LogP contribution in [-0.4, -0.2) is 27.6 Å². The second kappa shape index (κ2) is 6.06. The predicted molar refractivity (Wildman–Crippen MR) is 54.0 cm³/mol. The number of aldehydes is 2. The van der Waals surface area contributed by atoms with Crippen molar-refractivity contribution >= 4 is 12.6 Å². The highest BCUT2D eigenvalue weighted by Crippen LogP contribution is 2.13. The van der Waals surface area contributed by atoms with Gasteiger partial charge < -0.3 is 9.59 Å². The SMILES string of the molecule is CC(C=O)C(C=O)CCCn1ccnn1. The Morgan fingerprint density at radius 3 is 2.73 bits per heavy atom. The standard InChI is InChI=1S/C10H15N3O2/c1-9(7-14)10(8-15)3-2-5-13-6-4-11-12-13/h4,6-10H,2-3,5H2,1H3. The van der Waals surface area contributed by atoms with Gasteiger partial charge in [0.2, 0.25) is 0 Å². The van der Waals surface area contributed by atoms with Gasteiger partial charge in [-0.15, -0.1) is 5.10 Å². The Kier molecular flexibility index (Phi) is 4.66. The average Bonchev–Trinajstić information content (AvgIpc) is 2.76. The smallest absolute Gasteiger partial charge is 0.123 e. The molecule has 15 heavy (non-hydrogen) atoms. The van der Waals surface area contributed by atoms with Crippen molar-refractivity contribution in [1.29, 1.82) is 0 Å². The first-order chi connectivity index (χ1) is 7.27. The summed E-state index contributed by atoms with van der Waals surface area (Å²) in [4.78, 5) is 21.2. The molecule has 0 N–H and O–H groups in total. The lowest BCUT2D eigenvalue weighted by Crippen LogP contribution is -2.15. The zero-order valence-corrected chi connectivity index (χ0v) is 8.74. The Hall–Kier alpha value is -1.52. The van der Waals surface area contributed by atoms with Gasteiger partial charge in [-0.3, -0.25) is 4.68 Å². The fraction of sp³-hybridized carbons (Fsp3) is 0.600. The maximum atomic E-state index is 10.7. The summed E-state index contributed by atoms with van der Waals surface area (Å²) in [5, 5.41) is 7.49. The highest BCUT2D eigenvalue weighted by atomic mass is 16.1. The molecule has 0 saturated carbocycles. The maximum absolute atomic E-state index is 10.7. The fourth-order valence-corrected chi connectivity index (χ4v) is 1.40. The van der Waals surface area contributed by atoms with Crippen LogP contribution in [0.5, 0.6) is 0 Å². The molecule has 0 aromatic carbocycles. The number of aromatic nitrogens is 3. The van der Waals surface area contributed by atoms with Crippen molar-refractivity contribution in [3.8, 4) is 0 Å². The molecule has 1 aromatic heterocycles. The van der Waals surface area contributed by atoms with Gasteiger partial charge in [0.05, 0.1) is 6.20 Å². The van der Waals surface area contributed by atoms with Gasteiger partial charge in [0.1, 0.15) is 12.6 Å². The zero-order valence-electron chi connectivity index (χ0n) is 8.74. The van der Waals surface area contributed by atoms with Gasteiger partial charge in [-0.05, 0) is 12.8 Å². The molecule has 5 heteroatoms. The molecule has 0 aliphatic heterocycles. The molecule has 2 unspecified atom stereocenters. The third-order valence-electron chi connectivity index (χ3n) is 2.46. The van der Waals surface area contributed by atoms with Crippen molar-refractivity contribution in [2.45, 2.75) is 26.3 Å². The van der Waals surface area contributed by atoms with Crippen molar-refractivity contribution in [2.24, 2.45) is 11.8 Å². The first kappa shape index (κ1) is 11.6. The van der Waals surface area contributed by atoms with Gasteiger partial charge in [0.15, 0.2) is 0 Å². The summed E-state index contributed by atoms with van der Waals surface area (Å²) in [5.74, 6) is -0.371. The Morgan fingerprint density at radius 2 is 2.20 bits per heavy atom. The number of rotatable bonds is 7. The lowest BCUT2D eigenvalue weighted by molar-refractivity contribution is -0.119. The molecule has 0 aliphatic rings. The van der Waals surface area contributed by atoms with Crippen molar-refractivity contribution in [1.82, 2.24) is 15.0 Å². The number of aryl methyl sites for hydroxylation is 1. The van der Waals surface area contributed by atoms with Crippen LogP contribution in [0.1, 0.15) is 19.8 Å². The number of hydrogen-bond donors (Lipinski definition) is 0. The van der Waals surface area contributed by atoms with Crippen LogP contribution in [0.15, 0.2) is 12.4 Å². The van der Waals surface area contributed by atoms with Crippen molar-refractivity contribution < 1.29 is 9.59 Å². The molecule has 1 rings (SSSR count). The average molecular weight is 209 g/mol. The Balaban J connectivity index is 2.28. The third-order valence-corrected chi connectivity index (χ3v) is 2.46. The highest BCUT2D eigenvalue weighted by molar-refractivity contribution is 5.64. The lowest BCUT2D eigenvalue weighted by Gasteiger charge is -2.12. The highest BCUT2D eigenvalue weighted by Gasteiger charge is 2.15. The summed E-state index contributed by atoms with van der Waals surface area (Å²) < 4.78 is 1.72. The molecule has 0 saturated heterocycles. The quantitative estimate of drug-likeness (QED) is 0.620. The van der Waals surface area contributed by atoms with Gasteiger partial charge >= 0.3 is 0 Å². The normalized spacial score (nSPS) is 14.5. The summed E-state index contributed by atoms with van der Waals surface area (Å²) >= 11 is 0. The minimum atomic E-state index is -0.196. The lowest BCUT2D eigenvalue weighted by atomic mass is 9.92. The minimum Gasteiger partial charge on any atom is -0.303 e. The van der Waals surface area contributed by atoms with Crippen LogP contribution in [0.25, 0.3) is 0 Å². The Labute approximate surface area is 88.5 Å². The van der Waals surface area contributed by atoms with Crippen LogP contribution in [0.3, 0.4) is 0 Å². The molecular weight excluding hydrogens is 194 g/mol. The van der Waals surface area contributed by atoms with Gasteiger partial charge in [-0.2, -0.15) is 0 Å². The molecule has 0 bridgehead atoms. The molecule has 0 spiro atoms. The molecule has 0 amide bonds. The van der Waals surface area contributed by atoms with E-state index in [1.54, 1.807) is 24.0 Å². The van der Waals surface area contributed by atoms with E-state index in [1.807, 2.05) is 0 Å². The van der Waals surface area contributed by atoms with Crippen LogP contribution >= 0.6 is 0 Å². The number of carbonyl (C=O) groups is 2. The van der Waals surface area contributed by atoms with E-state index >= 15 is 0 Å². The van der Waals surface area contributed by atoms with E-state index in [4.69, 9.17) is 0 Å². The molecule has 1 heterocycles. The first-order valence-electron chi connectivity index (χ1n) is 5.02. The first-order valence-corrected chi connectivity index (χ1v) is 5.02. The Morgan fingerprint density at radius 1 is 1.40 bits per heavy atom. The van der Waals surface area contributed by atoms with Gasteiger partial charge in [-0.25, -0.2) is 0 Å². The van der Waals surface area contributed by atoms with Crippen LogP contribution in [0.4, 0.5) is 0 Å². The second-order valence-electron chi connectivity index (χ2n) is 3.60. The summed E-state index contributed by atoms with van der Waals surface area (Å²) in [6, 6.07) is 0. The largest absolute Gasteiger partial charge is 0.303 e. The summed E-state index contributed by atoms with van der Waals surface area (Å²) in [5.41, 5.74) is 0. The zero-order chi connectivity index (χ0) is 11.1. The van der Waals surface area contributed by atoms with Crippen LogP contribution in [0.2, 0.25) is 0 Å². The van der Waals surface area contributed by atoms with E-state index in [0.717, 1.165) is 25.5 Å². The second-order valence-corrected chi connectivity index (χ2v) is 3.60. The molecule has 1 aromatic rings. The fourth-order valence-electron chi connectivity index (χ4n) is 1.40. The minimum absolute atomic E-state index is 0.175. The van der Waals surface area contributed by atoms with E-state index in [2.05, 4.69) is 10.3 Å².